The topological polar surface area (TPSA) is 58.5 Å². The second-order valence-corrected chi connectivity index (χ2v) is 7.14. The molecule has 0 amide bonds. The highest BCUT2D eigenvalue weighted by Crippen LogP contribution is 2.10. The van der Waals surface area contributed by atoms with Gasteiger partial charge >= 0.3 is 0 Å². The maximum atomic E-state index is 5.61. The SMILES string of the molecule is CN=C(NCc1ccc(COC(C)C)cc1)NCc1ncc(C)s1.I. The van der Waals surface area contributed by atoms with Gasteiger partial charge in [0.2, 0.25) is 0 Å². The highest BCUT2D eigenvalue weighted by molar-refractivity contribution is 14.0. The monoisotopic (exact) mass is 474 g/mol. The summed E-state index contributed by atoms with van der Waals surface area (Å²) in [5, 5.41) is 7.66. The molecule has 1 aromatic heterocycles. The van der Waals surface area contributed by atoms with Crippen molar-refractivity contribution in [2.75, 3.05) is 7.05 Å². The van der Waals surface area contributed by atoms with E-state index in [1.807, 2.05) is 20.0 Å². The first-order valence-corrected chi connectivity index (χ1v) is 8.93. The Morgan fingerprint density at radius 2 is 1.80 bits per heavy atom. The van der Waals surface area contributed by atoms with Crippen LogP contribution in [0, 0.1) is 6.92 Å². The van der Waals surface area contributed by atoms with E-state index >= 15 is 0 Å². The Hall–Kier alpha value is -1.19. The van der Waals surface area contributed by atoms with Crippen molar-refractivity contribution >= 4 is 41.3 Å². The molecule has 0 radical (unpaired) electrons. The minimum atomic E-state index is 0. The van der Waals surface area contributed by atoms with E-state index in [0.29, 0.717) is 13.2 Å². The normalized spacial score (nSPS) is 11.3. The van der Waals surface area contributed by atoms with E-state index in [2.05, 4.69) is 51.8 Å². The summed E-state index contributed by atoms with van der Waals surface area (Å²) in [5.74, 6) is 0.773. The molecular formula is C18H27IN4OS. The van der Waals surface area contributed by atoms with Crippen LogP contribution < -0.4 is 10.6 Å². The molecule has 138 valence electrons. The number of ether oxygens (including phenoxy) is 1. The lowest BCUT2D eigenvalue weighted by atomic mass is 10.1. The molecule has 0 fully saturated rings. The molecule has 1 heterocycles. The molecular weight excluding hydrogens is 447 g/mol. The van der Waals surface area contributed by atoms with Crippen LogP contribution in [0.15, 0.2) is 35.5 Å². The predicted octanol–water partition coefficient (Wildman–Crippen LogP) is 3.86. The van der Waals surface area contributed by atoms with Crippen LogP contribution in [0.25, 0.3) is 0 Å². The van der Waals surface area contributed by atoms with Gasteiger partial charge in [-0.3, -0.25) is 4.99 Å². The van der Waals surface area contributed by atoms with E-state index in [1.165, 1.54) is 16.0 Å². The van der Waals surface area contributed by atoms with Crippen molar-refractivity contribution < 1.29 is 4.74 Å². The molecule has 2 N–H and O–H groups in total. The van der Waals surface area contributed by atoms with Crippen molar-refractivity contribution in [1.82, 2.24) is 15.6 Å². The van der Waals surface area contributed by atoms with Crippen molar-refractivity contribution in [3.63, 3.8) is 0 Å². The van der Waals surface area contributed by atoms with Gasteiger partial charge in [0.25, 0.3) is 0 Å². The van der Waals surface area contributed by atoms with Gasteiger partial charge < -0.3 is 15.4 Å². The Balaban J connectivity index is 0.00000312. The Kier molecular flexibility index (Phi) is 9.99. The second-order valence-electron chi connectivity index (χ2n) is 5.82. The molecule has 7 heteroatoms. The number of aryl methyl sites for hydroxylation is 1. The van der Waals surface area contributed by atoms with Crippen LogP contribution >= 0.6 is 35.3 Å². The number of benzene rings is 1. The Morgan fingerprint density at radius 3 is 2.36 bits per heavy atom. The molecule has 5 nitrogen and oxygen atoms in total. The van der Waals surface area contributed by atoms with Gasteiger partial charge in [-0.05, 0) is 31.9 Å². The van der Waals surface area contributed by atoms with Gasteiger partial charge in [-0.15, -0.1) is 35.3 Å². The van der Waals surface area contributed by atoms with Crippen molar-refractivity contribution in [1.29, 1.82) is 0 Å². The van der Waals surface area contributed by atoms with Crippen LogP contribution in [0.2, 0.25) is 0 Å². The van der Waals surface area contributed by atoms with Crippen LogP contribution in [0.3, 0.4) is 0 Å². The minimum Gasteiger partial charge on any atom is -0.374 e. The van der Waals surface area contributed by atoms with E-state index in [0.717, 1.165) is 17.5 Å². The Morgan fingerprint density at radius 1 is 1.16 bits per heavy atom. The van der Waals surface area contributed by atoms with E-state index in [4.69, 9.17) is 4.74 Å². The van der Waals surface area contributed by atoms with Crippen molar-refractivity contribution in [2.24, 2.45) is 4.99 Å². The van der Waals surface area contributed by atoms with Crippen LogP contribution in [0.1, 0.15) is 34.9 Å². The summed E-state index contributed by atoms with van der Waals surface area (Å²) in [4.78, 5) is 9.80. The molecule has 0 unspecified atom stereocenters. The largest absolute Gasteiger partial charge is 0.374 e. The number of hydrogen-bond donors (Lipinski definition) is 2. The highest BCUT2D eigenvalue weighted by Gasteiger charge is 2.02. The van der Waals surface area contributed by atoms with Gasteiger partial charge in [-0.2, -0.15) is 0 Å². The molecule has 0 aliphatic carbocycles. The molecule has 0 aliphatic heterocycles. The first-order valence-electron chi connectivity index (χ1n) is 8.12. The molecule has 2 aromatic rings. The summed E-state index contributed by atoms with van der Waals surface area (Å²) in [7, 11) is 1.77. The summed E-state index contributed by atoms with van der Waals surface area (Å²) < 4.78 is 5.61. The highest BCUT2D eigenvalue weighted by atomic mass is 127. The average molecular weight is 474 g/mol. The zero-order valence-electron chi connectivity index (χ0n) is 15.2. The number of aromatic nitrogens is 1. The zero-order valence-corrected chi connectivity index (χ0v) is 18.4. The molecule has 0 saturated heterocycles. The zero-order chi connectivity index (χ0) is 17.4. The van der Waals surface area contributed by atoms with Gasteiger partial charge in [0.1, 0.15) is 5.01 Å². The first-order chi connectivity index (χ1) is 11.6. The maximum absolute atomic E-state index is 5.61. The van der Waals surface area contributed by atoms with E-state index < -0.39 is 0 Å². The number of hydrogen-bond acceptors (Lipinski definition) is 4. The lowest BCUT2D eigenvalue weighted by molar-refractivity contribution is 0.0657. The predicted molar refractivity (Wildman–Crippen MR) is 116 cm³/mol. The smallest absolute Gasteiger partial charge is 0.191 e. The fourth-order valence-corrected chi connectivity index (χ4v) is 2.79. The number of thiazole rings is 1. The molecule has 2 rings (SSSR count). The molecule has 0 bridgehead atoms. The average Bonchev–Trinajstić information content (AvgIpc) is 2.99. The molecule has 0 spiro atoms. The number of rotatable bonds is 7. The van der Waals surface area contributed by atoms with Gasteiger partial charge in [-0.25, -0.2) is 4.98 Å². The van der Waals surface area contributed by atoms with Crippen LogP contribution in [-0.4, -0.2) is 24.1 Å². The Labute approximate surface area is 171 Å². The minimum absolute atomic E-state index is 0. The lowest BCUT2D eigenvalue weighted by Crippen LogP contribution is -2.36. The first kappa shape index (κ1) is 21.9. The molecule has 0 aliphatic rings. The lowest BCUT2D eigenvalue weighted by Gasteiger charge is -2.12. The quantitative estimate of drug-likeness (QED) is 0.364. The van der Waals surface area contributed by atoms with Crippen LogP contribution in [0.5, 0.6) is 0 Å². The third-order valence-corrected chi connectivity index (χ3v) is 4.28. The maximum Gasteiger partial charge on any atom is 0.191 e. The fourth-order valence-electron chi connectivity index (χ4n) is 2.07. The molecule has 25 heavy (non-hydrogen) atoms. The molecule has 0 saturated carbocycles. The number of halogens is 1. The van der Waals surface area contributed by atoms with Crippen LogP contribution in [0.4, 0.5) is 0 Å². The van der Waals surface area contributed by atoms with Gasteiger partial charge in [0, 0.05) is 24.7 Å². The van der Waals surface area contributed by atoms with Crippen molar-refractivity contribution in [3.8, 4) is 0 Å². The second kappa shape index (κ2) is 11.4. The molecule has 1 aromatic carbocycles. The fraction of sp³-hybridized carbons (Fsp3) is 0.444. The molecule has 0 atom stereocenters. The van der Waals surface area contributed by atoms with Gasteiger partial charge in [-0.1, -0.05) is 24.3 Å². The third-order valence-electron chi connectivity index (χ3n) is 3.37. The van der Waals surface area contributed by atoms with E-state index in [-0.39, 0.29) is 30.1 Å². The third kappa shape index (κ3) is 8.15. The number of nitrogens with one attached hydrogen (secondary N) is 2. The Bertz CT molecular complexity index is 655. The summed E-state index contributed by atoms with van der Waals surface area (Å²) in [6, 6.07) is 8.44. The van der Waals surface area contributed by atoms with Gasteiger partial charge in [0.15, 0.2) is 5.96 Å². The van der Waals surface area contributed by atoms with Crippen molar-refractivity contribution in [3.05, 3.63) is 51.5 Å². The van der Waals surface area contributed by atoms with E-state index in [1.54, 1.807) is 18.4 Å². The number of aliphatic imine (C=N–C) groups is 1. The van der Waals surface area contributed by atoms with Gasteiger partial charge in [0.05, 0.1) is 19.3 Å². The standard InChI is InChI=1S/C18H26N4OS.HI/c1-13(2)23-12-16-7-5-15(6-8-16)10-21-18(19-4)22-11-17-20-9-14(3)24-17;/h5-9,13H,10-12H2,1-4H3,(H2,19,21,22);1H. The van der Waals surface area contributed by atoms with Crippen molar-refractivity contribution in [2.45, 2.75) is 46.6 Å². The van der Waals surface area contributed by atoms with E-state index in [9.17, 15) is 0 Å². The summed E-state index contributed by atoms with van der Waals surface area (Å²) >= 11 is 1.69. The van der Waals surface area contributed by atoms with Crippen LogP contribution in [-0.2, 0) is 24.4 Å². The summed E-state index contributed by atoms with van der Waals surface area (Å²) in [6.45, 7) is 8.21. The summed E-state index contributed by atoms with van der Waals surface area (Å²) in [5.41, 5.74) is 2.39. The number of nitrogens with zero attached hydrogens (tertiary/aromatic N) is 2. The number of guanidine groups is 1. The summed E-state index contributed by atoms with van der Waals surface area (Å²) in [6.07, 6.45) is 2.14.